The van der Waals surface area contributed by atoms with Crippen molar-refractivity contribution in [2.45, 2.75) is 25.1 Å². The number of carboxylic acid groups (broad SMARTS) is 1. The number of nitrogens with one attached hydrogen (secondary N) is 1. The van der Waals surface area contributed by atoms with Gasteiger partial charge in [0.25, 0.3) is 0 Å². The fraction of sp³-hybridized carbons (Fsp3) is 0.500. The van der Waals surface area contributed by atoms with E-state index in [9.17, 15) is 14.7 Å². The summed E-state index contributed by atoms with van der Waals surface area (Å²) < 4.78 is 5.07. The van der Waals surface area contributed by atoms with E-state index in [1.807, 2.05) is 0 Å². The fourth-order valence-corrected chi connectivity index (χ4v) is 2.15. The number of carbonyl (C=O) groups is 2. The van der Waals surface area contributed by atoms with Crippen molar-refractivity contribution in [3.63, 3.8) is 0 Å². The van der Waals surface area contributed by atoms with Crippen molar-refractivity contribution in [2.24, 2.45) is 0 Å². The fourth-order valence-electron chi connectivity index (χ4n) is 2.15. The average Bonchev–Trinajstić information content (AvgIpc) is 2.96. The molecule has 0 aliphatic carbocycles. The number of aliphatic carboxylic acids is 1. The van der Waals surface area contributed by atoms with Gasteiger partial charge in [-0.1, -0.05) is 0 Å². The molecule has 1 aromatic heterocycles. The van der Waals surface area contributed by atoms with Crippen molar-refractivity contribution < 1.29 is 24.2 Å². The first-order valence-corrected chi connectivity index (χ1v) is 6.00. The van der Waals surface area contributed by atoms with Gasteiger partial charge in [0.15, 0.2) is 0 Å². The summed E-state index contributed by atoms with van der Waals surface area (Å²) in [7, 11) is 0. The molecular formula is C12H16N2O5. The van der Waals surface area contributed by atoms with Crippen molar-refractivity contribution in [3.05, 3.63) is 24.2 Å². The second-order valence-corrected chi connectivity index (χ2v) is 4.53. The van der Waals surface area contributed by atoms with Gasteiger partial charge in [-0.3, -0.25) is 14.5 Å². The van der Waals surface area contributed by atoms with E-state index in [1.54, 1.807) is 12.1 Å². The minimum atomic E-state index is -1.02. The molecule has 0 aromatic carbocycles. The third kappa shape index (κ3) is 3.55. The third-order valence-corrected chi connectivity index (χ3v) is 3.05. The van der Waals surface area contributed by atoms with Gasteiger partial charge in [0.05, 0.1) is 25.5 Å². The summed E-state index contributed by atoms with van der Waals surface area (Å²) in [6, 6.07) is 2.66. The Hall–Kier alpha value is -1.86. The largest absolute Gasteiger partial charge is 0.480 e. The van der Waals surface area contributed by atoms with Crippen LogP contribution in [0.4, 0.5) is 0 Å². The van der Waals surface area contributed by atoms with Crippen molar-refractivity contribution in [2.75, 3.05) is 13.1 Å². The predicted molar refractivity (Wildman–Crippen MR) is 64.2 cm³/mol. The van der Waals surface area contributed by atoms with Crippen LogP contribution in [0, 0.1) is 0 Å². The van der Waals surface area contributed by atoms with Gasteiger partial charge in [0.1, 0.15) is 11.8 Å². The third-order valence-electron chi connectivity index (χ3n) is 3.05. The Kier molecular flexibility index (Phi) is 4.18. The maximum Gasteiger partial charge on any atom is 0.321 e. The molecule has 2 atom stereocenters. The second-order valence-electron chi connectivity index (χ2n) is 4.53. The molecular weight excluding hydrogens is 252 g/mol. The number of rotatable bonds is 5. The smallest absolute Gasteiger partial charge is 0.321 e. The molecule has 1 fully saturated rings. The molecule has 0 bridgehead atoms. The summed E-state index contributed by atoms with van der Waals surface area (Å²) in [5.41, 5.74) is 0. The van der Waals surface area contributed by atoms with Crippen LogP contribution in [0.5, 0.6) is 0 Å². The van der Waals surface area contributed by atoms with Gasteiger partial charge < -0.3 is 19.9 Å². The van der Waals surface area contributed by atoms with Crippen LogP contribution in [0.1, 0.15) is 12.2 Å². The van der Waals surface area contributed by atoms with Crippen LogP contribution in [-0.2, 0) is 16.1 Å². The first-order chi connectivity index (χ1) is 9.06. The Bertz CT molecular complexity index is 445. The predicted octanol–water partition coefficient (Wildman–Crippen LogP) is -0.584. The SMILES string of the molecule is O=C(CN1CC(O)CC1C(=O)O)NCc1ccco1. The number of hydrogen-bond acceptors (Lipinski definition) is 5. The number of aliphatic hydroxyl groups is 1. The summed E-state index contributed by atoms with van der Waals surface area (Å²) in [5, 5.41) is 21.1. The molecule has 7 nitrogen and oxygen atoms in total. The van der Waals surface area contributed by atoms with Crippen LogP contribution >= 0.6 is 0 Å². The summed E-state index contributed by atoms with van der Waals surface area (Å²) in [4.78, 5) is 24.1. The Morgan fingerprint density at radius 1 is 1.53 bits per heavy atom. The highest BCUT2D eigenvalue weighted by molar-refractivity contribution is 5.80. The van der Waals surface area contributed by atoms with E-state index < -0.39 is 18.1 Å². The second kappa shape index (κ2) is 5.85. The molecule has 19 heavy (non-hydrogen) atoms. The highest BCUT2D eigenvalue weighted by atomic mass is 16.4. The molecule has 104 valence electrons. The minimum Gasteiger partial charge on any atom is -0.480 e. The van der Waals surface area contributed by atoms with E-state index in [-0.39, 0.29) is 32.0 Å². The molecule has 1 amide bonds. The highest BCUT2D eigenvalue weighted by Crippen LogP contribution is 2.17. The normalized spacial score (nSPS) is 23.4. The van der Waals surface area contributed by atoms with Gasteiger partial charge in [-0.15, -0.1) is 0 Å². The van der Waals surface area contributed by atoms with Crippen LogP contribution in [-0.4, -0.2) is 52.2 Å². The lowest BCUT2D eigenvalue weighted by Crippen LogP contribution is -2.42. The molecule has 1 aliphatic heterocycles. The Morgan fingerprint density at radius 2 is 2.32 bits per heavy atom. The molecule has 3 N–H and O–H groups in total. The van der Waals surface area contributed by atoms with E-state index in [2.05, 4.69) is 5.32 Å². The quantitative estimate of drug-likeness (QED) is 0.660. The standard InChI is InChI=1S/C12H16N2O5/c15-8-4-10(12(17)18)14(6-8)7-11(16)13-5-9-2-1-3-19-9/h1-3,8,10,15H,4-7H2,(H,13,16)(H,17,18). The summed E-state index contributed by atoms with van der Waals surface area (Å²) in [6.07, 6.45) is 0.971. The topological polar surface area (TPSA) is 103 Å². The van der Waals surface area contributed by atoms with Crippen molar-refractivity contribution in [1.82, 2.24) is 10.2 Å². The van der Waals surface area contributed by atoms with E-state index in [4.69, 9.17) is 9.52 Å². The lowest BCUT2D eigenvalue weighted by Gasteiger charge is -2.19. The number of carboxylic acids is 1. The van der Waals surface area contributed by atoms with E-state index >= 15 is 0 Å². The number of amides is 1. The van der Waals surface area contributed by atoms with Gasteiger partial charge >= 0.3 is 5.97 Å². The minimum absolute atomic E-state index is 0.0469. The molecule has 0 radical (unpaired) electrons. The highest BCUT2D eigenvalue weighted by Gasteiger charge is 2.36. The van der Waals surface area contributed by atoms with Gasteiger partial charge in [0, 0.05) is 13.0 Å². The van der Waals surface area contributed by atoms with Gasteiger partial charge in [-0.2, -0.15) is 0 Å². The number of furan rings is 1. The summed E-state index contributed by atoms with van der Waals surface area (Å²) in [6.45, 7) is 0.417. The van der Waals surface area contributed by atoms with Gasteiger partial charge in [-0.25, -0.2) is 0 Å². The summed E-state index contributed by atoms with van der Waals surface area (Å²) >= 11 is 0. The zero-order valence-electron chi connectivity index (χ0n) is 10.3. The molecule has 2 rings (SSSR count). The maximum absolute atomic E-state index is 11.7. The van der Waals surface area contributed by atoms with Crippen molar-refractivity contribution in [1.29, 1.82) is 0 Å². The Morgan fingerprint density at radius 3 is 2.95 bits per heavy atom. The Balaban J connectivity index is 1.82. The van der Waals surface area contributed by atoms with Gasteiger partial charge in [0.2, 0.25) is 5.91 Å². The molecule has 1 aromatic rings. The van der Waals surface area contributed by atoms with Crippen LogP contribution < -0.4 is 5.32 Å². The number of carbonyl (C=O) groups excluding carboxylic acids is 1. The van der Waals surface area contributed by atoms with Crippen LogP contribution in [0.2, 0.25) is 0 Å². The van der Waals surface area contributed by atoms with Gasteiger partial charge in [-0.05, 0) is 12.1 Å². The number of nitrogens with zero attached hydrogens (tertiary/aromatic N) is 1. The maximum atomic E-state index is 11.7. The van der Waals surface area contributed by atoms with Crippen molar-refractivity contribution >= 4 is 11.9 Å². The molecule has 0 saturated carbocycles. The van der Waals surface area contributed by atoms with Crippen molar-refractivity contribution in [3.8, 4) is 0 Å². The van der Waals surface area contributed by atoms with Crippen LogP contribution in [0.3, 0.4) is 0 Å². The average molecular weight is 268 g/mol. The number of hydrogen-bond donors (Lipinski definition) is 3. The summed E-state index contributed by atoms with van der Waals surface area (Å²) in [5.74, 6) is -0.684. The zero-order valence-corrected chi connectivity index (χ0v) is 10.3. The van der Waals surface area contributed by atoms with E-state index in [0.29, 0.717) is 5.76 Å². The number of aliphatic hydroxyl groups excluding tert-OH is 1. The number of likely N-dealkylation sites (tertiary alicyclic amines) is 1. The molecule has 2 heterocycles. The first-order valence-electron chi connectivity index (χ1n) is 6.00. The Labute approximate surface area is 109 Å². The first kappa shape index (κ1) is 13.6. The molecule has 0 spiro atoms. The molecule has 1 aliphatic rings. The lowest BCUT2D eigenvalue weighted by atomic mass is 10.2. The lowest BCUT2D eigenvalue weighted by molar-refractivity contribution is -0.142. The van der Waals surface area contributed by atoms with Crippen LogP contribution in [0.25, 0.3) is 0 Å². The van der Waals surface area contributed by atoms with Crippen LogP contribution in [0.15, 0.2) is 22.8 Å². The number of β-amino-alcohol motifs (C(OH)–C–C–N with tert-alkyl or cyclic N) is 1. The monoisotopic (exact) mass is 268 g/mol. The molecule has 2 unspecified atom stereocenters. The van der Waals surface area contributed by atoms with E-state index in [1.165, 1.54) is 11.2 Å². The zero-order chi connectivity index (χ0) is 13.8. The molecule has 7 heteroatoms. The molecule has 1 saturated heterocycles. The van der Waals surface area contributed by atoms with E-state index in [0.717, 1.165) is 0 Å².